The van der Waals surface area contributed by atoms with Crippen molar-refractivity contribution in [2.45, 2.75) is 45.6 Å². The zero-order valence-corrected chi connectivity index (χ0v) is 20.6. The Hall–Kier alpha value is -3.88. The number of aryl methyl sites for hydroxylation is 2. The van der Waals surface area contributed by atoms with E-state index >= 15 is 0 Å². The molecule has 1 saturated heterocycles. The molecule has 0 atom stereocenters. The molecule has 0 radical (unpaired) electrons. The maximum atomic E-state index is 10.4. The molecule has 0 bridgehead atoms. The van der Waals surface area contributed by atoms with Crippen LogP contribution in [0, 0.1) is 6.92 Å². The second-order valence-corrected chi connectivity index (χ2v) is 9.39. The minimum absolute atomic E-state index is 0.152. The molecule has 0 saturated carbocycles. The normalized spacial score (nSPS) is 14.6. The van der Waals surface area contributed by atoms with Crippen molar-refractivity contribution in [2.75, 3.05) is 23.3 Å². The first-order chi connectivity index (χ1) is 16.9. The van der Waals surface area contributed by atoms with Crippen LogP contribution in [0.1, 0.15) is 43.7 Å². The third-order valence-electron chi connectivity index (χ3n) is 6.49. The molecule has 0 aliphatic carbocycles. The lowest BCUT2D eigenvalue weighted by atomic mass is 9.99. The number of fused-ring (bicyclic) bond motifs is 1. The Morgan fingerprint density at radius 1 is 1.11 bits per heavy atom. The lowest BCUT2D eigenvalue weighted by molar-refractivity contribution is 0.170. The van der Waals surface area contributed by atoms with Gasteiger partial charge in [-0.15, -0.1) is 0 Å². The van der Waals surface area contributed by atoms with Crippen LogP contribution in [0.5, 0.6) is 11.5 Å². The van der Waals surface area contributed by atoms with E-state index < -0.39 is 0 Å². The first kappa shape index (κ1) is 22.9. The monoisotopic (exact) mass is 473 g/mol. The van der Waals surface area contributed by atoms with Crippen LogP contribution in [0.25, 0.3) is 11.2 Å². The minimum atomic E-state index is 0.152. The molecular formula is C26H31N7O2. The molecule has 3 aromatic heterocycles. The van der Waals surface area contributed by atoms with E-state index in [0.717, 1.165) is 54.0 Å². The topological polar surface area (TPSA) is 101 Å². The van der Waals surface area contributed by atoms with Crippen LogP contribution >= 0.6 is 0 Å². The van der Waals surface area contributed by atoms with E-state index in [2.05, 4.69) is 34.0 Å². The SMILES string of the molecule is Cc1cc(O)c(C(C)C)cc1Nc1nc(N2CCC(Oc3ccncc3)CC2)nc2ncn(C)c12. The van der Waals surface area contributed by atoms with Crippen LogP contribution in [-0.4, -0.2) is 48.8 Å². The number of nitrogens with zero attached hydrogens (tertiary/aromatic N) is 6. The van der Waals surface area contributed by atoms with Gasteiger partial charge in [0.2, 0.25) is 5.95 Å². The van der Waals surface area contributed by atoms with Crippen molar-refractivity contribution in [1.29, 1.82) is 0 Å². The van der Waals surface area contributed by atoms with Crippen LogP contribution in [0.3, 0.4) is 0 Å². The van der Waals surface area contributed by atoms with Gasteiger partial charge in [-0.1, -0.05) is 13.8 Å². The van der Waals surface area contributed by atoms with Crippen molar-refractivity contribution in [1.82, 2.24) is 24.5 Å². The van der Waals surface area contributed by atoms with Crippen molar-refractivity contribution in [3.63, 3.8) is 0 Å². The molecule has 1 aliphatic heterocycles. The number of nitrogens with one attached hydrogen (secondary N) is 1. The summed E-state index contributed by atoms with van der Waals surface area (Å²) in [6.45, 7) is 7.70. The molecule has 1 aliphatic rings. The molecule has 1 fully saturated rings. The highest BCUT2D eigenvalue weighted by atomic mass is 16.5. The van der Waals surface area contributed by atoms with E-state index in [1.165, 1.54) is 0 Å². The molecule has 0 unspecified atom stereocenters. The molecule has 1 aromatic carbocycles. The summed E-state index contributed by atoms with van der Waals surface area (Å²) in [5, 5.41) is 13.9. The predicted molar refractivity (Wildman–Crippen MR) is 137 cm³/mol. The van der Waals surface area contributed by atoms with E-state index in [0.29, 0.717) is 23.2 Å². The molecule has 0 amide bonds. The van der Waals surface area contributed by atoms with Gasteiger partial charge in [0, 0.05) is 51.1 Å². The number of pyridine rings is 1. The second kappa shape index (κ2) is 9.40. The van der Waals surface area contributed by atoms with Gasteiger partial charge in [0.05, 0.1) is 6.33 Å². The summed E-state index contributed by atoms with van der Waals surface area (Å²) in [4.78, 5) is 20.4. The smallest absolute Gasteiger partial charge is 0.229 e. The number of piperidine rings is 1. The summed E-state index contributed by atoms with van der Waals surface area (Å²) in [7, 11) is 1.94. The zero-order valence-electron chi connectivity index (χ0n) is 20.6. The highest BCUT2D eigenvalue weighted by Crippen LogP contribution is 2.34. The van der Waals surface area contributed by atoms with Crippen molar-refractivity contribution in [2.24, 2.45) is 7.05 Å². The number of anilines is 3. The van der Waals surface area contributed by atoms with Crippen molar-refractivity contribution in [3.05, 3.63) is 54.1 Å². The van der Waals surface area contributed by atoms with E-state index in [1.807, 2.05) is 36.7 Å². The van der Waals surface area contributed by atoms with Gasteiger partial charge in [0.1, 0.15) is 23.1 Å². The lowest BCUT2D eigenvalue weighted by Crippen LogP contribution is -2.39. The number of aromatic hydroxyl groups is 1. The number of hydrogen-bond donors (Lipinski definition) is 2. The average molecular weight is 474 g/mol. The van der Waals surface area contributed by atoms with Crippen LogP contribution in [0.15, 0.2) is 43.0 Å². The van der Waals surface area contributed by atoms with E-state index in [4.69, 9.17) is 14.7 Å². The molecular weight excluding hydrogens is 442 g/mol. The molecule has 9 heteroatoms. The Bertz CT molecular complexity index is 1330. The number of imidazole rings is 1. The maximum Gasteiger partial charge on any atom is 0.229 e. The lowest BCUT2D eigenvalue weighted by Gasteiger charge is -2.32. The number of benzene rings is 1. The van der Waals surface area contributed by atoms with Crippen LogP contribution in [-0.2, 0) is 7.05 Å². The third-order valence-corrected chi connectivity index (χ3v) is 6.49. The Balaban J connectivity index is 1.41. The molecule has 9 nitrogen and oxygen atoms in total. The van der Waals surface area contributed by atoms with E-state index in [9.17, 15) is 5.11 Å². The van der Waals surface area contributed by atoms with Crippen molar-refractivity contribution >= 4 is 28.6 Å². The number of hydrogen-bond acceptors (Lipinski definition) is 8. The van der Waals surface area contributed by atoms with Gasteiger partial charge in [-0.3, -0.25) is 4.98 Å². The molecule has 4 heterocycles. The fraction of sp³-hybridized carbons (Fsp3) is 0.385. The molecule has 4 aromatic rings. The molecule has 2 N–H and O–H groups in total. The Morgan fingerprint density at radius 3 is 2.57 bits per heavy atom. The summed E-state index contributed by atoms with van der Waals surface area (Å²) in [6, 6.07) is 7.58. The van der Waals surface area contributed by atoms with Crippen molar-refractivity contribution < 1.29 is 9.84 Å². The van der Waals surface area contributed by atoms with Crippen LogP contribution in [0.4, 0.5) is 17.5 Å². The summed E-state index contributed by atoms with van der Waals surface area (Å²) in [5.74, 6) is 2.71. The van der Waals surface area contributed by atoms with Gasteiger partial charge in [-0.2, -0.15) is 9.97 Å². The molecule has 0 spiro atoms. The maximum absolute atomic E-state index is 10.4. The minimum Gasteiger partial charge on any atom is -0.508 e. The quantitative estimate of drug-likeness (QED) is 0.389. The number of ether oxygens (including phenoxy) is 1. The highest BCUT2D eigenvalue weighted by Gasteiger charge is 2.24. The fourth-order valence-electron chi connectivity index (χ4n) is 4.49. The first-order valence-corrected chi connectivity index (χ1v) is 12.0. The van der Waals surface area contributed by atoms with Crippen LogP contribution < -0.4 is 15.0 Å². The first-order valence-electron chi connectivity index (χ1n) is 12.0. The average Bonchev–Trinajstić information content (AvgIpc) is 3.22. The number of aromatic nitrogens is 5. The van der Waals surface area contributed by atoms with E-state index in [1.54, 1.807) is 24.8 Å². The fourth-order valence-corrected chi connectivity index (χ4v) is 4.49. The van der Waals surface area contributed by atoms with Gasteiger partial charge in [0.25, 0.3) is 0 Å². The molecule has 35 heavy (non-hydrogen) atoms. The van der Waals surface area contributed by atoms with E-state index in [-0.39, 0.29) is 12.0 Å². The van der Waals surface area contributed by atoms with Crippen LogP contribution in [0.2, 0.25) is 0 Å². The number of phenolic OH excluding ortho intramolecular Hbond substituents is 1. The third kappa shape index (κ3) is 4.71. The number of rotatable bonds is 6. The summed E-state index contributed by atoms with van der Waals surface area (Å²) in [5.41, 5.74) is 4.23. The van der Waals surface area contributed by atoms with Crippen molar-refractivity contribution in [3.8, 4) is 11.5 Å². The largest absolute Gasteiger partial charge is 0.508 e. The van der Waals surface area contributed by atoms with Gasteiger partial charge >= 0.3 is 0 Å². The summed E-state index contributed by atoms with van der Waals surface area (Å²) < 4.78 is 8.04. The summed E-state index contributed by atoms with van der Waals surface area (Å²) >= 11 is 0. The summed E-state index contributed by atoms with van der Waals surface area (Å²) in [6.07, 6.45) is 7.15. The van der Waals surface area contributed by atoms with Gasteiger partial charge in [0.15, 0.2) is 11.5 Å². The Morgan fingerprint density at radius 2 is 1.86 bits per heavy atom. The molecule has 182 valence electrons. The predicted octanol–water partition coefficient (Wildman–Crippen LogP) is 4.69. The standard InChI is InChI=1S/C26H31N7O2/c1-16(2)20-14-21(17(3)13-22(20)34)29-25-23-24(28-15-32(23)4)30-26(31-25)33-11-7-19(8-12-33)35-18-5-9-27-10-6-18/h5-6,9-10,13-16,19,34H,7-8,11-12H2,1-4H3,(H,29,30,31). The molecule has 5 rings (SSSR count). The van der Waals surface area contributed by atoms with Gasteiger partial charge < -0.3 is 24.6 Å². The number of phenols is 1. The Labute approximate surface area is 204 Å². The highest BCUT2D eigenvalue weighted by molar-refractivity contribution is 5.87. The Kier molecular flexibility index (Phi) is 6.15. The second-order valence-electron chi connectivity index (χ2n) is 9.39. The van der Waals surface area contributed by atoms with Gasteiger partial charge in [-0.25, -0.2) is 4.98 Å². The van der Waals surface area contributed by atoms with Gasteiger partial charge in [-0.05, 0) is 48.2 Å². The zero-order chi connectivity index (χ0) is 24.5.